The largest absolute Gasteiger partial charge is 0.489 e. The van der Waals surface area contributed by atoms with Gasteiger partial charge in [0.25, 0.3) is 0 Å². The van der Waals surface area contributed by atoms with Crippen molar-refractivity contribution in [3.63, 3.8) is 0 Å². The molecule has 1 amide bonds. The summed E-state index contributed by atoms with van der Waals surface area (Å²) in [7, 11) is 0. The normalized spacial score (nSPS) is 16.9. The molecule has 150 valence electrons. The molecule has 0 saturated carbocycles. The second-order valence-electron chi connectivity index (χ2n) is 8.14. The molecule has 0 bridgehead atoms. The molecule has 2 aromatic carbocycles. The molecular weight excluding hydrogens is 354 g/mol. The molecule has 1 saturated heterocycles. The standard InChI is InChI=1S/C23H29NO4/c1-23(2,3)28-22(25)24-14-19(21-16-27-21)13-17-9-11-20(12-10-17)26-15-18-7-5-4-6-8-18/h4-12,19,21H,13-16H2,1-3H3,(H,24,25). The van der Waals surface area contributed by atoms with Crippen LogP contribution in [-0.2, 0) is 22.5 Å². The summed E-state index contributed by atoms with van der Waals surface area (Å²) < 4.78 is 16.6. The minimum Gasteiger partial charge on any atom is -0.489 e. The van der Waals surface area contributed by atoms with Gasteiger partial charge in [-0.15, -0.1) is 0 Å². The Hall–Kier alpha value is -2.53. The van der Waals surface area contributed by atoms with Gasteiger partial charge in [0.15, 0.2) is 0 Å². The Bertz CT molecular complexity index is 748. The third kappa shape index (κ3) is 6.89. The van der Waals surface area contributed by atoms with Crippen LogP contribution in [0.15, 0.2) is 54.6 Å². The molecule has 0 aromatic heterocycles. The molecule has 28 heavy (non-hydrogen) atoms. The number of amides is 1. The maximum Gasteiger partial charge on any atom is 0.407 e. The van der Waals surface area contributed by atoms with E-state index < -0.39 is 5.60 Å². The van der Waals surface area contributed by atoms with Crippen LogP contribution >= 0.6 is 0 Å². The van der Waals surface area contributed by atoms with Crippen LogP contribution in [0.5, 0.6) is 5.75 Å². The fourth-order valence-corrected chi connectivity index (χ4v) is 2.96. The fraction of sp³-hybridized carbons (Fsp3) is 0.435. The molecule has 0 radical (unpaired) electrons. The Morgan fingerprint density at radius 1 is 1.11 bits per heavy atom. The number of hydrogen-bond donors (Lipinski definition) is 1. The topological polar surface area (TPSA) is 60.1 Å². The number of alkyl carbamates (subject to hydrolysis) is 1. The number of epoxide rings is 1. The zero-order chi connectivity index (χ0) is 20.0. The lowest BCUT2D eigenvalue weighted by molar-refractivity contribution is 0.0516. The maximum atomic E-state index is 11.9. The molecular formula is C23H29NO4. The Kier molecular flexibility index (Phi) is 6.57. The van der Waals surface area contributed by atoms with E-state index in [1.165, 1.54) is 5.56 Å². The van der Waals surface area contributed by atoms with Crippen LogP contribution in [0.1, 0.15) is 31.9 Å². The summed E-state index contributed by atoms with van der Waals surface area (Å²) in [6, 6.07) is 18.2. The van der Waals surface area contributed by atoms with Gasteiger partial charge in [-0.1, -0.05) is 42.5 Å². The summed E-state index contributed by atoms with van der Waals surface area (Å²) in [5.74, 6) is 1.07. The lowest BCUT2D eigenvalue weighted by Gasteiger charge is -2.21. The van der Waals surface area contributed by atoms with Crippen LogP contribution in [0.3, 0.4) is 0 Å². The minimum atomic E-state index is -0.495. The lowest BCUT2D eigenvalue weighted by Crippen LogP contribution is -2.37. The molecule has 0 spiro atoms. The number of hydrogen-bond acceptors (Lipinski definition) is 4. The summed E-state index contributed by atoms with van der Waals surface area (Å²) >= 11 is 0. The number of ether oxygens (including phenoxy) is 3. The van der Waals surface area contributed by atoms with Crippen LogP contribution in [-0.4, -0.2) is 30.9 Å². The van der Waals surface area contributed by atoms with Gasteiger partial charge in [-0.05, 0) is 50.5 Å². The minimum absolute atomic E-state index is 0.198. The number of carbonyl (C=O) groups excluding carboxylic acids is 1. The van der Waals surface area contributed by atoms with Gasteiger partial charge >= 0.3 is 6.09 Å². The number of benzene rings is 2. The fourth-order valence-electron chi connectivity index (χ4n) is 2.96. The first kappa shape index (κ1) is 20.2. The molecule has 2 atom stereocenters. The van der Waals surface area contributed by atoms with Gasteiger partial charge in [0.1, 0.15) is 18.0 Å². The Morgan fingerprint density at radius 3 is 2.39 bits per heavy atom. The van der Waals surface area contributed by atoms with Crippen molar-refractivity contribution < 1.29 is 19.0 Å². The number of nitrogens with one attached hydrogen (secondary N) is 1. The predicted molar refractivity (Wildman–Crippen MR) is 108 cm³/mol. The van der Waals surface area contributed by atoms with Crippen molar-refractivity contribution in [2.45, 2.75) is 45.5 Å². The highest BCUT2D eigenvalue weighted by Gasteiger charge is 2.33. The molecule has 3 rings (SSSR count). The third-order valence-electron chi connectivity index (χ3n) is 4.46. The van der Waals surface area contributed by atoms with Gasteiger partial charge in [-0.3, -0.25) is 0 Å². The van der Waals surface area contributed by atoms with Gasteiger partial charge in [-0.2, -0.15) is 0 Å². The highest BCUT2D eigenvalue weighted by atomic mass is 16.6. The third-order valence-corrected chi connectivity index (χ3v) is 4.46. The predicted octanol–water partition coefficient (Wildman–Crippen LogP) is 4.35. The van der Waals surface area contributed by atoms with Crippen LogP contribution in [0.4, 0.5) is 4.79 Å². The summed E-state index contributed by atoms with van der Waals surface area (Å²) in [6.07, 6.45) is 0.645. The van der Waals surface area contributed by atoms with Crippen LogP contribution < -0.4 is 10.1 Å². The van der Waals surface area contributed by atoms with E-state index in [4.69, 9.17) is 14.2 Å². The summed E-state index contributed by atoms with van der Waals surface area (Å²) in [5, 5.41) is 2.86. The highest BCUT2D eigenvalue weighted by molar-refractivity contribution is 5.67. The molecule has 1 aliphatic rings. The maximum absolute atomic E-state index is 11.9. The first-order chi connectivity index (χ1) is 13.4. The zero-order valence-corrected chi connectivity index (χ0v) is 16.8. The van der Waals surface area contributed by atoms with Crippen molar-refractivity contribution in [3.05, 3.63) is 65.7 Å². The van der Waals surface area contributed by atoms with E-state index in [0.29, 0.717) is 13.2 Å². The van der Waals surface area contributed by atoms with Crippen molar-refractivity contribution in [1.29, 1.82) is 0 Å². The Labute approximate surface area is 167 Å². The molecule has 0 aliphatic carbocycles. The van der Waals surface area contributed by atoms with Crippen molar-refractivity contribution in [2.24, 2.45) is 5.92 Å². The van der Waals surface area contributed by atoms with Crippen molar-refractivity contribution in [1.82, 2.24) is 5.32 Å². The van der Waals surface area contributed by atoms with Crippen molar-refractivity contribution in [3.8, 4) is 5.75 Å². The first-order valence-electron chi connectivity index (χ1n) is 9.73. The van der Waals surface area contributed by atoms with E-state index >= 15 is 0 Å². The van der Waals surface area contributed by atoms with Gasteiger partial charge in [0.05, 0.1) is 12.7 Å². The summed E-state index contributed by atoms with van der Waals surface area (Å²) in [5.41, 5.74) is 1.84. The second kappa shape index (κ2) is 9.11. The van der Waals surface area contributed by atoms with E-state index in [2.05, 4.69) is 17.4 Å². The van der Waals surface area contributed by atoms with E-state index in [1.54, 1.807) is 0 Å². The monoisotopic (exact) mass is 383 g/mol. The van der Waals surface area contributed by atoms with E-state index in [0.717, 1.165) is 24.3 Å². The van der Waals surface area contributed by atoms with E-state index in [1.807, 2.05) is 63.2 Å². The van der Waals surface area contributed by atoms with E-state index in [-0.39, 0.29) is 18.1 Å². The molecule has 5 nitrogen and oxygen atoms in total. The Balaban J connectivity index is 1.49. The van der Waals surface area contributed by atoms with Crippen LogP contribution in [0.2, 0.25) is 0 Å². The molecule has 1 aliphatic heterocycles. The smallest absolute Gasteiger partial charge is 0.407 e. The van der Waals surface area contributed by atoms with Crippen LogP contribution in [0, 0.1) is 5.92 Å². The first-order valence-corrected chi connectivity index (χ1v) is 9.73. The van der Waals surface area contributed by atoms with Crippen molar-refractivity contribution >= 4 is 6.09 Å². The van der Waals surface area contributed by atoms with E-state index in [9.17, 15) is 4.79 Å². The highest BCUT2D eigenvalue weighted by Crippen LogP contribution is 2.25. The molecule has 2 aromatic rings. The van der Waals surface area contributed by atoms with Gasteiger partial charge in [0.2, 0.25) is 0 Å². The lowest BCUT2D eigenvalue weighted by atomic mass is 9.96. The van der Waals surface area contributed by atoms with Gasteiger partial charge in [0, 0.05) is 12.5 Å². The van der Waals surface area contributed by atoms with Crippen molar-refractivity contribution in [2.75, 3.05) is 13.2 Å². The molecule has 2 unspecified atom stereocenters. The summed E-state index contributed by atoms with van der Waals surface area (Å²) in [4.78, 5) is 11.9. The average Bonchev–Trinajstić information content (AvgIpc) is 3.49. The number of carbonyl (C=O) groups is 1. The molecule has 1 N–H and O–H groups in total. The van der Waals surface area contributed by atoms with Gasteiger partial charge in [-0.25, -0.2) is 4.79 Å². The van der Waals surface area contributed by atoms with Gasteiger partial charge < -0.3 is 19.5 Å². The molecule has 1 heterocycles. The quantitative estimate of drug-likeness (QED) is 0.689. The zero-order valence-electron chi connectivity index (χ0n) is 16.8. The SMILES string of the molecule is CC(C)(C)OC(=O)NCC(Cc1ccc(OCc2ccccc2)cc1)C1CO1. The second-order valence-corrected chi connectivity index (χ2v) is 8.14. The Morgan fingerprint density at radius 2 is 1.79 bits per heavy atom. The molecule has 1 fully saturated rings. The number of rotatable bonds is 8. The summed E-state index contributed by atoms with van der Waals surface area (Å²) in [6.45, 7) is 7.41. The van der Waals surface area contributed by atoms with Crippen LogP contribution in [0.25, 0.3) is 0 Å². The average molecular weight is 383 g/mol. The molecule has 5 heteroatoms.